The molecule has 0 radical (unpaired) electrons. The fourth-order valence-corrected chi connectivity index (χ4v) is 4.39. The van der Waals surface area contributed by atoms with E-state index < -0.39 is 29.3 Å². The van der Waals surface area contributed by atoms with Gasteiger partial charge in [0.2, 0.25) is 6.41 Å². The van der Waals surface area contributed by atoms with Gasteiger partial charge in [0.1, 0.15) is 11.5 Å². The van der Waals surface area contributed by atoms with Gasteiger partial charge in [-0.3, -0.25) is 4.90 Å². The first-order valence-corrected chi connectivity index (χ1v) is 11.5. The number of ether oxygens (including phenoxy) is 1. The summed E-state index contributed by atoms with van der Waals surface area (Å²) in [7, 11) is 0. The largest absolute Gasteiger partial charge is 0.433 e. The summed E-state index contributed by atoms with van der Waals surface area (Å²) in [5.41, 5.74) is -1.41. The molecule has 1 aliphatic heterocycles. The van der Waals surface area contributed by atoms with Crippen LogP contribution >= 0.6 is 11.3 Å². The van der Waals surface area contributed by atoms with Crippen LogP contribution < -0.4 is 0 Å². The first kappa shape index (κ1) is 25.0. The van der Waals surface area contributed by atoms with Gasteiger partial charge in [-0.15, -0.1) is 11.3 Å². The van der Waals surface area contributed by atoms with Gasteiger partial charge in [0, 0.05) is 29.8 Å². The van der Waals surface area contributed by atoms with Gasteiger partial charge in [-0.2, -0.15) is 13.2 Å². The smallest absolute Gasteiger partial charge is 0.356 e. The summed E-state index contributed by atoms with van der Waals surface area (Å²) in [4.78, 5) is 14.6. The van der Waals surface area contributed by atoms with E-state index in [9.17, 15) is 18.3 Å². The summed E-state index contributed by atoms with van der Waals surface area (Å²) in [6.07, 6.45) is -3.95. The van der Waals surface area contributed by atoms with E-state index in [0.29, 0.717) is 18.8 Å². The van der Waals surface area contributed by atoms with Crippen LogP contribution in [0.5, 0.6) is 0 Å². The Kier molecular flexibility index (Phi) is 7.01. The Morgan fingerprint density at radius 2 is 1.66 bits per heavy atom. The van der Waals surface area contributed by atoms with Crippen molar-refractivity contribution in [2.45, 2.75) is 83.9 Å². The Morgan fingerprint density at radius 1 is 1.03 bits per heavy atom. The highest BCUT2D eigenvalue weighted by Crippen LogP contribution is 2.36. The molecule has 1 aliphatic rings. The van der Waals surface area contributed by atoms with Gasteiger partial charge in [0.05, 0.1) is 22.0 Å². The lowest BCUT2D eigenvalue weighted by Gasteiger charge is -2.36. The molecule has 10 heteroatoms. The quantitative estimate of drug-likeness (QED) is 0.618. The van der Waals surface area contributed by atoms with E-state index in [1.807, 2.05) is 25.7 Å². The van der Waals surface area contributed by atoms with E-state index in [2.05, 4.69) is 15.0 Å². The van der Waals surface area contributed by atoms with Crippen LogP contribution in [-0.4, -0.2) is 50.1 Å². The minimum atomic E-state index is -4.56. The Bertz CT molecular complexity index is 894. The van der Waals surface area contributed by atoms with E-state index in [4.69, 9.17) is 4.74 Å². The van der Waals surface area contributed by atoms with E-state index in [1.54, 1.807) is 26.2 Å². The molecule has 0 aliphatic carbocycles. The lowest BCUT2D eigenvalue weighted by molar-refractivity contribution is -0.242. The van der Waals surface area contributed by atoms with Gasteiger partial charge in [-0.25, -0.2) is 15.0 Å². The molecule has 0 spiro atoms. The second-order valence-electron chi connectivity index (χ2n) is 10.1. The van der Waals surface area contributed by atoms with Gasteiger partial charge in [-0.05, 0) is 39.7 Å². The number of nitrogens with zero attached hydrogens (tertiary/aromatic N) is 4. The second kappa shape index (κ2) is 8.96. The molecule has 2 aromatic heterocycles. The Labute approximate surface area is 190 Å². The summed E-state index contributed by atoms with van der Waals surface area (Å²) in [6.45, 7) is 12.3. The Morgan fingerprint density at radius 3 is 2.19 bits per heavy atom. The molecule has 1 saturated heterocycles. The van der Waals surface area contributed by atoms with Crippen LogP contribution in [0.15, 0.2) is 11.4 Å². The van der Waals surface area contributed by atoms with Crippen molar-refractivity contribution in [2.75, 3.05) is 13.1 Å². The number of rotatable bonds is 4. The highest BCUT2D eigenvalue weighted by Gasteiger charge is 2.35. The van der Waals surface area contributed by atoms with Crippen molar-refractivity contribution < 1.29 is 23.0 Å². The van der Waals surface area contributed by atoms with E-state index in [1.165, 1.54) is 11.3 Å². The molecular weight excluding hydrogens is 441 g/mol. The predicted octanol–water partition coefficient (Wildman–Crippen LogP) is 5.19. The van der Waals surface area contributed by atoms with Crippen molar-refractivity contribution in [3.05, 3.63) is 28.0 Å². The molecule has 0 amide bonds. The SMILES string of the molecule is CC(C)(C)OC(O)N1CCC(c2nc(-c3cc(C(F)(F)F)nc(C(C)(C)C)n3)cs2)CC1. The minimum Gasteiger partial charge on any atom is -0.356 e. The lowest BCUT2D eigenvalue weighted by Crippen LogP contribution is -2.45. The third-order valence-electron chi connectivity index (χ3n) is 5.12. The number of thiazole rings is 1. The fourth-order valence-electron chi connectivity index (χ4n) is 3.41. The van der Waals surface area contributed by atoms with E-state index in [-0.39, 0.29) is 17.4 Å². The summed E-state index contributed by atoms with van der Waals surface area (Å²) >= 11 is 1.43. The zero-order valence-electron chi connectivity index (χ0n) is 19.3. The molecule has 3 heterocycles. The number of hydrogen-bond acceptors (Lipinski definition) is 7. The molecule has 178 valence electrons. The number of halogens is 3. The molecular formula is C22H31F3N4O2S. The predicted molar refractivity (Wildman–Crippen MR) is 117 cm³/mol. The lowest BCUT2D eigenvalue weighted by atomic mass is 9.95. The maximum Gasteiger partial charge on any atom is 0.433 e. The average molecular weight is 473 g/mol. The fraction of sp³-hybridized carbons (Fsp3) is 0.682. The van der Waals surface area contributed by atoms with Crippen molar-refractivity contribution >= 4 is 11.3 Å². The van der Waals surface area contributed by atoms with Crippen LogP contribution in [0.4, 0.5) is 13.2 Å². The second-order valence-corrected chi connectivity index (χ2v) is 11.0. The molecule has 1 unspecified atom stereocenters. The van der Waals surface area contributed by atoms with Gasteiger partial charge in [0.25, 0.3) is 0 Å². The summed E-state index contributed by atoms with van der Waals surface area (Å²) in [6, 6.07) is 0.969. The molecule has 32 heavy (non-hydrogen) atoms. The molecule has 2 aromatic rings. The average Bonchev–Trinajstić information content (AvgIpc) is 3.15. The van der Waals surface area contributed by atoms with Gasteiger partial charge in [-0.1, -0.05) is 20.8 Å². The highest BCUT2D eigenvalue weighted by atomic mass is 32.1. The number of likely N-dealkylation sites (tertiary alicyclic amines) is 1. The molecule has 3 rings (SSSR count). The highest BCUT2D eigenvalue weighted by molar-refractivity contribution is 7.10. The van der Waals surface area contributed by atoms with Gasteiger partial charge < -0.3 is 9.84 Å². The number of aliphatic hydroxyl groups excluding tert-OH is 1. The molecule has 1 atom stereocenters. The van der Waals surface area contributed by atoms with Crippen molar-refractivity contribution in [3.8, 4) is 11.4 Å². The number of alkyl halides is 3. The third kappa shape index (κ3) is 6.24. The number of piperidine rings is 1. The minimum absolute atomic E-state index is 0.137. The van der Waals surface area contributed by atoms with Crippen molar-refractivity contribution in [2.24, 2.45) is 0 Å². The number of aliphatic hydroxyl groups is 1. The number of hydrogen-bond donors (Lipinski definition) is 1. The third-order valence-corrected chi connectivity index (χ3v) is 6.13. The summed E-state index contributed by atoms with van der Waals surface area (Å²) < 4.78 is 45.8. The van der Waals surface area contributed by atoms with Crippen molar-refractivity contribution in [1.82, 2.24) is 19.9 Å². The van der Waals surface area contributed by atoms with E-state index >= 15 is 0 Å². The molecule has 1 fully saturated rings. The molecule has 6 nitrogen and oxygen atoms in total. The zero-order valence-corrected chi connectivity index (χ0v) is 20.1. The maximum absolute atomic E-state index is 13.4. The van der Waals surface area contributed by atoms with Crippen LogP contribution in [0.1, 0.15) is 76.8 Å². The first-order chi connectivity index (χ1) is 14.6. The Balaban J connectivity index is 1.77. The molecule has 0 aromatic carbocycles. The van der Waals surface area contributed by atoms with E-state index in [0.717, 1.165) is 23.9 Å². The van der Waals surface area contributed by atoms with Crippen molar-refractivity contribution in [1.29, 1.82) is 0 Å². The van der Waals surface area contributed by atoms with Gasteiger partial charge >= 0.3 is 6.18 Å². The topological polar surface area (TPSA) is 71.4 Å². The van der Waals surface area contributed by atoms with Gasteiger partial charge in [0.15, 0.2) is 0 Å². The standard InChI is InChI=1S/C22H31F3N4O2S/c1-20(2,3)18-27-14(11-16(28-18)22(23,24)25)15-12-32-17(26-15)13-7-9-29(10-8-13)19(30)31-21(4,5)6/h11-13,19,30H,7-10H2,1-6H3. The summed E-state index contributed by atoms with van der Waals surface area (Å²) in [5.74, 6) is 0.316. The van der Waals surface area contributed by atoms with Crippen LogP contribution in [-0.2, 0) is 16.3 Å². The van der Waals surface area contributed by atoms with Crippen molar-refractivity contribution in [3.63, 3.8) is 0 Å². The van der Waals surface area contributed by atoms with Crippen LogP contribution in [0.2, 0.25) is 0 Å². The number of aromatic nitrogens is 3. The first-order valence-electron chi connectivity index (χ1n) is 10.7. The maximum atomic E-state index is 13.4. The normalized spacial score (nSPS) is 18.2. The van der Waals surface area contributed by atoms with Crippen LogP contribution in [0, 0.1) is 0 Å². The van der Waals surface area contributed by atoms with Crippen LogP contribution in [0.3, 0.4) is 0 Å². The molecule has 0 saturated carbocycles. The monoisotopic (exact) mass is 472 g/mol. The van der Waals surface area contributed by atoms with Crippen LogP contribution in [0.25, 0.3) is 11.4 Å². The Hall–Kier alpha value is -1.62. The molecule has 1 N–H and O–H groups in total. The molecule has 0 bridgehead atoms. The summed E-state index contributed by atoms with van der Waals surface area (Å²) in [5, 5.41) is 12.9. The zero-order chi connectivity index (χ0) is 23.9.